The molecule has 76 valence electrons. The fourth-order valence-corrected chi connectivity index (χ4v) is 2.28. The van der Waals surface area contributed by atoms with Crippen LogP contribution in [0, 0.1) is 5.92 Å². The second-order valence-electron chi connectivity index (χ2n) is 4.69. The Bertz CT molecular complexity index is 146. The van der Waals surface area contributed by atoms with Crippen molar-refractivity contribution in [3.05, 3.63) is 0 Å². The van der Waals surface area contributed by atoms with Gasteiger partial charge in [-0.1, -0.05) is 0 Å². The molecule has 2 rings (SSSR count). The normalized spacial score (nSPS) is 34.8. The molecule has 0 aromatic carbocycles. The van der Waals surface area contributed by atoms with E-state index in [-0.39, 0.29) is 0 Å². The third-order valence-electron chi connectivity index (χ3n) is 3.53. The highest BCUT2D eigenvalue weighted by Crippen LogP contribution is 2.25. The highest BCUT2D eigenvalue weighted by atomic mass is 14.9. The van der Waals surface area contributed by atoms with Gasteiger partial charge in [0, 0.05) is 12.1 Å². The molecule has 2 nitrogen and oxygen atoms in total. The molecule has 2 N–H and O–H groups in total. The third kappa shape index (κ3) is 2.96. The largest absolute Gasteiger partial charge is 0.317 e. The minimum Gasteiger partial charge on any atom is -0.317 e. The van der Waals surface area contributed by atoms with Crippen molar-refractivity contribution in [1.82, 2.24) is 10.6 Å². The van der Waals surface area contributed by atoms with Crippen LogP contribution in [0.4, 0.5) is 0 Å². The van der Waals surface area contributed by atoms with Gasteiger partial charge in [-0.2, -0.15) is 0 Å². The van der Waals surface area contributed by atoms with Gasteiger partial charge in [0.05, 0.1) is 0 Å². The summed E-state index contributed by atoms with van der Waals surface area (Å²) in [6.45, 7) is 1.28. The lowest BCUT2D eigenvalue weighted by molar-refractivity contribution is 0.292. The van der Waals surface area contributed by atoms with E-state index < -0.39 is 0 Å². The van der Waals surface area contributed by atoms with Crippen molar-refractivity contribution < 1.29 is 0 Å². The van der Waals surface area contributed by atoms with Crippen molar-refractivity contribution in [3.63, 3.8) is 0 Å². The van der Waals surface area contributed by atoms with Gasteiger partial charge >= 0.3 is 0 Å². The zero-order chi connectivity index (χ0) is 9.10. The summed E-state index contributed by atoms with van der Waals surface area (Å²) in [6, 6.07) is 1.69. The predicted octanol–water partition coefficient (Wildman–Crippen LogP) is 1.52. The molecule has 2 aliphatic carbocycles. The van der Waals surface area contributed by atoms with Crippen LogP contribution in [0.25, 0.3) is 0 Å². The van der Waals surface area contributed by atoms with Crippen molar-refractivity contribution in [2.24, 2.45) is 5.92 Å². The Hall–Kier alpha value is -0.0800. The Morgan fingerprint density at radius 1 is 0.923 bits per heavy atom. The maximum absolute atomic E-state index is 3.64. The summed E-state index contributed by atoms with van der Waals surface area (Å²) in [7, 11) is 2.09. The smallest absolute Gasteiger partial charge is 0.00683 e. The molecule has 0 atom stereocenters. The van der Waals surface area contributed by atoms with Crippen LogP contribution >= 0.6 is 0 Å². The molecule has 2 saturated carbocycles. The molecule has 0 aromatic rings. The topological polar surface area (TPSA) is 24.1 Å². The lowest BCUT2D eigenvalue weighted by atomic mass is 9.86. The quantitative estimate of drug-likeness (QED) is 0.689. The van der Waals surface area contributed by atoms with E-state index >= 15 is 0 Å². The van der Waals surface area contributed by atoms with Crippen LogP contribution in [0.2, 0.25) is 0 Å². The van der Waals surface area contributed by atoms with Crippen molar-refractivity contribution in [3.8, 4) is 0 Å². The van der Waals surface area contributed by atoms with Crippen LogP contribution in [0.5, 0.6) is 0 Å². The van der Waals surface area contributed by atoms with Crippen LogP contribution in [-0.2, 0) is 0 Å². The van der Waals surface area contributed by atoms with Crippen molar-refractivity contribution >= 4 is 0 Å². The molecule has 0 aliphatic heterocycles. The lowest BCUT2D eigenvalue weighted by Crippen LogP contribution is -2.34. The summed E-state index contributed by atoms with van der Waals surface area (Å²) in [5, 5.41) is 7.02. The summed E-state index contributed by atoms with van der Waals surface area (Å²) < 4.78 is 0. The lowest BCUT2D eigenvalue weighted by Gasteiger charge is -2.28. The molecule has 0 heterocycles. The number of nitrogens with one attached hydrogen (secondary N) is 2. The van der Waals surface area contributed by atoms with E-state index in [0.29, 0.717) is 0 Å². The van der Waals surface area contributed by atoms with E-state index in [0.717, 1.165) is 18.0 Å². The molecule has 2 fully saturated rings. The van der Waals surface area contributed by atoms with Crippen molar-refractivity contribution in [2.45, 2.75) is 50.6 Å². The van der Waals surface area contributed by atoms with E-state index in [1.54, 1.807) is 0 Å². The van der Waals surface area contributed by atoms with Crippen molar-refractivity contribution in [2.75, 3.05) is 13.6 Å². The Morgan fingerprint density at radius 3 is 2.08 bits per heavy atom. The molecule has 0 amide bonds. The monoisotopic (exact) mass is 182 g/mol. The summed E-state index contributed by atoms with van der Waals surface area (Å²) in [6.07, 6.45) is 8.45. The minimum atomic E-state index is 0.803. The van der Waals surface area contributed by atoms with Crippen LogP contribution in [0.15, 0.2) is 0 Å². The van der Waals surface area contributed by atoms with Crippen LogP contribution in [0.3, 0.4) is 0 Å². The number of rotatable bonds is 4. The highest BCUT2D eigenvalue weighted by Gasteiger charge is 2.24. The SMILES string of the molecule is CNC1CCC(CNC2CC2)CC1. The molecule has 0 radical (unpaired) electrons. The molecule has 0 bridgehead atoms. The zero-order valence-electron chi connectivity index (χ0n) is 8.68. The van der Waals surface area contributed by atoms with E-state index in [9.17, 15) is 0 Å². The second kappa shape index (κ2) is 4.43. The standard InChI is InChI=1S/C11H22N2/c1-12-10-4-2-9(3-5-10)8-13-11-6-7-11/h9-13H,2-8H2,1H3. The molecule has 0 spiro atoms. The average molecular weight is 182 g/mol. The Balaban J connectivity index is 1.59. The third-order valence-corrected chi connectivity index (χ3v) is 3.53. The maximum atomic E-state index is 3.64. The Labute approximate surface area is 81.5 Å². The molecular weight excluding hydrogens is 160 g/mol. The minimum absolute atomic E-state index is 0.803. The van der Waals surface area contributed by atoms with E-state index in [1.165, 1.54) is 45.1 Å². The molecule has 0 saturated heterocycles. The van der Waals surface area contributed by atoms with Gasteiger partial charge < -0.3 is 10.6 Å². The van der Waals surface area contributed by atoms with Gasteiger partial charge in [-0.05, 0) is 58.0 Å². The molecular formula is C11H22N2. The number of hydrogen-bond acceptors (Lipinski definition) is 2. The average Bonchev–Trinajstić information content (AvgIpc) is 2.99. The van der Waals surface area contributed by atoms with Gasteiger partial charge in [-0.15, -0.1) is 0 Å². The summed E-state index contributed by atoms with van der Waals surface area (Å²) in [5.41, 5.74) is 0. The first-order chi connectivity index (χ1) is 6.38. The second-order valence-corrected chi connectivity index (χ2v) is 4.69. The van der Waals surface area contributed by atoms with Crippen LogP contribution < -0.4 is 10.6 Å². The number of hydrogen-bond donors (Lipinski definition) is 2. The van der Waals surface area contributed by atoms with Gasteiger partial charge in [0.15, 0.2) is 0 Å². The molecule has 2 heteroatoms. The van der Waals surface area contributed by atoms with Crippen LogP contribution in [-0.4, -0.2) is 25.7 Å². The zero-order valence-corrected chi connectivity index (χ0v) is 8.68. The first-order valence-electron chi connectivity index (χ1n) is 5.79. The fraction of sp³-hybridized carbons (Fsp3) is 1.00. The van der Waals surface area contributed by atoms with Gasteiger partial charge in [0.25, 0.3) is 0 Å². The molecule has 0 unspecified atom stereocenters. The first kappa shape index (κ1) is 9.47. The van der Waals surface area contributed by atoms with Gasteiger partial charge in [-0.25, -0.2) is 0 Å². The molecule has 13 heavy (non-hydrogen) atoms. The van der Waals surface area contributed by atoms with Crippen LogP contribution in [0.1, 0.15) is 38.5 Å². The maximum Gasteiger partial charge on any atom is 0.00683 e. The summed E-state index contributed by atoms with van der Waals surface area (Å²) >= 11 is 0. The first-order valence-corrected chi connectivity index (χ1v) is 5.79. The Morgan fingerprint density at radius 2 is 1.54 bits per heavy atom. The predicted molar refractivity (Wildman–Crippen MR) is 55.8 cm³/mol. The van der Waals surface area contributed by atoms with Gasteiger partial charge in [0.1, 0.15) is 0 Å². The van der Waals surface area contributed by atoms with Gasteiger partial charge in [-0.3, -0.25) is 0 Å². The Kier molecular flexibility index (Phi) is 3.23. The molecule has 2 aliphatic rings. The van der Waals surface area contributed by atoms with Gasteiger partial charge in [0.2, 0.25) is 0 Å². The van der Waals surface area contributed by atoms with E-state index in [1.807, 2.05) is 0 Å². The van der Waals surface area contributed by atoms with E-state index in [4.69, 9.17) is 0 Å². The fourth-order valence-electron chi connectivity index (χ4n) is 2.28. The summed E-state index contributed by atoms with van der Waals surface area (Å²) in [5.74, 6) is 0.963. The highest BCUT2D eigenvalue weighted by molar-refractivity contribution is 4.83. The summed E-state index contributed by atoms with van der Waals surface area (Å²) in [4.78, 5) is 0. The van der Waals surface area contributed by atoms with E-state index in [2.05, 4.69) is 17.7 Å². The molecule has 0 aromatic heterocycles. The van der Waals surface area contributed by atoms with Crippen molar-refractivity contribution in [1.29, 1.82) is 0 Å².